The van der Waals surface area contributed by atoms with Gasteiger partial charge in [0.2, 0.25) is 0 Å². The van der Waals surface area contributed by atoms with E-state index < -0.39 is 23.6 Å². The van der Waals surface area contributed by atoms with Gasteiger partial charge in [-0.25, -0.2) is 4.79 Å². The molecular formula is C9H14F2O4. The molecule has 1 fully saturated rings. The van der Waals surface area contributed by atoms with Gasteiger partial charge in [-0.05, 0) is 6.92 Å². The van der Waals surface area contributed by atoms with Gasteiger partial charge >= 0.3 is 11.9 Å². The van der Waals surface area contributed by atoms with Gasteiger partial charge in [0.05, 0.1) is 12.7 Å². The Balaban J connectivity index is 2.66. The number of halogens is 2. The lowest BCUT2D eigenvalue weighted by molar-refractivity contribution is -0.255. The van der Waals surface area contributed by atoms with Crippen LogP contribution in [0.15, 0.2) is 0 Å². The van der Waals surface area contributed by atoms with Crippen LogP contribution in [0.4, 0.5) is 8.78 Å². The van der Waals surface area contributed by atoms with Crippen LogP contribution in [0.3, 0.4) is 0 Å². The Kier molecular flexibility index (Phi) is 3.30. The van der Waals surface area contributed by atoms with Gasteiger partial charge < -0.3 is 14.6 Å². The minimum atomic E-state index is -3.86. The first-order valence-corrected chi connectivity index (χ1v) is 4.67. The van der Waals surface area contributed by atoms with Crippen molar-refractivity contribution < 1.29 is 28.2 Å². The summed E-state index contributed by atoms with van der Waals surface area (Å²) in [5, 5.41) is 9.51. The van der Waals surface area contributed by atoms with Gasteiger partial charge in [-0.1, -0.05) is 0 Å². The van der Waals surface area contributed by atoms with Gasteiger partial charge in [-0.15, -0.1) is 0 Å². The second-order valence-electron chi connectivity index (χ2n) is 3.59. The molecule has 0 atom stereocenters. The molecule has 0 spiro atoms. The average Bonchev–Trinajstić information content (AvgIpc) is 2.12. The molecule has 0 bridgehead atoms. The highest BCUT2D eigenvalue weighted by atomic mass is 19.3. The van der Waals surface area contributed by atoms with Gasteiger partial charge in [-0.2, -0.15) is 8.78 Å². The smallest absolute Gasteiger partial charge is 0.380 e. The molecule has 1 rings (SSSR count). The topological polar surface area (TPSA) is 55.8 Å². The van der Waals surface area contributed by atoms with E-state index in [1.54, 1.807) is 0 Å². The summed E-state index contributed by atoms with van der Waals surface area (Å²) in [6.45, 7) is 1.29. The van der Waals surface area contributed by atoms with E-state index in [0.717, 1.165) is 0 Å². The molecule has 0 heterocycles. The van der Waals surface area contributed by atoms with Crippen LogP contribution in [0, 0.1) is 0 Å². The summed E-state index contributed by atoms with van der Waals surface area (Å²) in [4.78, 5) is 10.9. The molecule has 0 aliphatic heterocycles. The quantitative estimate of drug-likeness (QED) is 0.715. The molecule has 0 aromatic carbocycles. The standard InChI is InChI=1S/C9H14F2O4/c1-3-15-7(12)9(10,11)8(13)4-6(5-8)14-2/h6,13H,3-5H2,1-2H3. The molecule has 0 amide bonds. The van der Waals surface area contributed by atoms with E-state index in [1.807, 2.05) is 0 Å². The number of methoxy groups -OCH3 is 1. The highest BCUT2D eigenvalue weighted by molar-refractivity contribution is 5.79. The Bertz CT molecular complexity index is 248. The Hall–Kier alpha value is -0.750. The SMILES string of the molecule is CCOC(=O)C(F)(F)C1(O)CC(OC)C1. The van der Waals surface area contributed by atoms with Crippen LogP contribution in [0.25, 0.3) is 0 Å². The molecule has 0 saturated heterocycles. The first-order valence-electron chi connectivity index (χ1n) is 4.67. The summed E-state index contributed by atoms with van der Waals surface area (Å²) in [6.07, 6.45) is -0.930. The molecule has 88 valence electrons. The van der Waals surface area contributed by atoms with Crippen molar-refractivity contribution in [1.82, 2.24) is 0 Å². The normalized spacial score (nSPS) is 30.9. The van der Waals surface area contributed by atoms with E-state index in [1.165, 1.54) is 14.0 Å². The van der Waals surface area contributed by atoms with Crippen molar-refractivity contribution in [2.45, 2.75) is 37.4 Å². The number of ether oxygens (including phenoxy) is 2. The highest BCUT2D eigenvalue weighted by Crippen LogP contribution is 2.45. The second kappa shape index (κ2) is 4.02. The maximum Gasteiger partial charge on any atom is 0.380 e. The number of alkyl halides is 2. The Morgan fingerprint density at radius 1 is 1.60 bits per heavy atom. The third kappa shape index (κ3) is 1.96. The van der Waals surface area contributed by atoms with Crippen LogP contribution in [0.1, 0.15) is 19.8 Å². The maximum absolute atomic E-state index is 13.4. The van der Waals surface area contributed by atoms with Crippen LogP contribution in [-0.4, -0.2) is 42.4 Å². The van der Waals surface area contributed by atoms with Gasteiger partial charge in [0.25, 0.3) is 0 Å². The molecule has 0 radical (unpaired) electrons. The van der Waals surface area contributed by atoms with E-state index in [0.29, 0.717) is 0 Å². The van der Waals surface area contributed by atoms with Crippen molar-refractivity contribution in [1.29, 1.82) is 0 Å². The highest BCUT2D eigenvalue weighted by Gasteiger charge is 2.65. The lowest BCUT2D eigenvalue weighted by Crippen LogP contribution is -2.63. The first kappa shape index (κ1) is 12.3. The lowest BCUT2D eigenvalue weighted by Gasteiger charge is -2.45. The summed E-state index contributed by atoms with van der Waals surface area (Å²) in [6, 6.07) is 0. The van der Waals surface area contributed by atoms with Crippen LogP contribution in [0.5, 0.6) is 0 Å². The summed E-state index contributed by atoms with van der Waals surface area (Å²) in [7, 11) is 1.37. The minimum absolute atomic E-state index is 0.141. The molecule has 6 heteroatoms. The number of esters is 1. The van der Waals surface area contributed by atoms with Gasteiger partial charge in [0.15, 0.2) is 0 Å². The Morgan fingerprint density at radius 2 is 2.13 bits per heavy atom. The monoisotopic (exact) mass is 224 g/mol. The molecule has 1 aliphatic rings. The number of hydrogen-bond donors (Lipinski definition) is 1. The molecule has 0 aromatic rings. The van der Waals surface area contributed by atoms with Crippen molar-refractivity contribution in [2.75, 3.05) is 13.7 Å². The fraction of sp³-hybridized carbons (Fsp3) is 0.889. The fourth-order valence-corrected chi connectivity index (χ4v) is 1.53. The summed E-state index contributed by atoms with van der Waals surface area (Å²) >= 11 is 0. The molecule has 15 heavy (non-hydrogen) atoms. The van der Waals surface area contributed by atoms with Crippen molar-refractivity contribution in [2.24, 2.45) is 0 Å². The zero-order valence-corrected chi connectivity index (χ0v) is 8.63. The zero-order chi connectivity index (χ0) is 11.7. The number of aliphatic hydroxyl groups is 1. The molecule has 4 nitrogen and oxygen atoms in total. The zero-order valence-electron chi connectivity index (χ0n) is 8.63. The third-order valence-electron chi connectivity index (χ3n) is 2.58. The molecular weight excluding hydrogens is 210 g/mol. The van der Waals surface area contributed by atoms with Crippen molar-refractivity contribution in [3.63, 3.8) is 0 Å². The summed E-state index contributed by atoms with van der Waals surface area (Å²) in [5.74, 6) is -5.54. The third-order valence-corrected chi connectivity index (χ3v) is 2.58. The van der Waals surface area contributed by atoms with Crippen molar-refractivity contribution in [3.8, 4) is 0 Å². The van der Waals surface area contributed by atoms with E-state index in [4.69, 9.17) is 4.74 Å². The van der Waals surface area contributed by atoms with Crippen molar-refractivity contribution >= 4 is 5.97 Å². The molecule has 1 saturated carbocycles. The maximum atomic E-state index is 13.4. The summed E-state index contributed by atoms with van der Waals surface area (Å²) in [5.41, 5.74) is -2.32. The minimum Gasteiger partial charge on any atom is -0.461 e. The van der Waals surface area contributed by atoms with E-state index in [-0.39, 0.29) is 19.4 Å². The van der Waals surface area contributed by atoms with E-state index in [9.17, 15) is 18.7 Å². The van der Waals surface area contributed by atoms with Crippen molar-refractivity contribution in [3.05, 3.63) is 0 Å². The predicted molar refractivity (Wildman–Crippen MR) is 46.6 cm³/mol. The van der Waals surface area contributed by atoms with Crippen LogP contribution in [0.2, 0.25) is 0 Å². The Morgan fingerprint density at radius 3 is 2.53 bits per heavy atom. The number of carbonyl (C=O) groups is 1. The fourth-order valence-electron chi connectivity index (χ4n) is 1.53. The molecule has 1 aliphatic carbocycles. The largest absolute Gasteiger partial charge is 0.461 e. The van der Waals surface area contributed by atoms with E-state index >= 15 is 0 Å². The summed E-state index contributed by atoms with van der Waals surface area (Å²) < 4.78 is 35.7. The number of carbonyl (C=O) groups excluding carboxylic acids is 1. The van der Waals surface area contributed by atoms with Gasteiger partial charge in [0, 0.05) is 20.0 Å². The average molecular weight is 224 g/mol. The van der Waals surface area contributed by atoms with Gasteiger partial charge in [0.1, 0.15) is 5.60 Å². The van der Waals surface area contributed by atoms with E-state index in [2.05, 4.69) is 4.74 Å². The second-order valence-corrected chi connectivity index (χ2v) is 3.59. The number of rotatable bonds is 4. The lowest BCUT2D eigenvalue weighted by atomic mass is 9.73. The van der Waals surface area contributed by atoms with Crippen LogP contribution >= 0.6 is 0 Å². The van der Waals surface area contributed by atoms with Crippen LogP contribution in [-0.2, 0) is 14.3 Å². The predicted octanol–water partition coefficient (Wildman–Crippen LogP) is 0.725. The number of hydrogen-bond acceptors (Lipinski definition) is 4. The van der Waals surface area contributed by atoms with Crippen LogP contribution < -0.4 is 0 Å². The molecule has 0 aromatic heterocycles. The molecule has 1 N–H and O–H groups in total. The molecule has 0 unspecified atom stereocenters. The first-order chi connectivity index (χ1) is 6.87. The Labute approximate surface area is 86.2 Å². The van der Waals surface area contributed by atoms with Gasteiger partial charge in [-0.3, -0.25) is 0 Å².